The molecule has 3 aliphatic rings. The van der Waals surface area contributed by atoms with E-state index in [-0.39, 0.29) is 23.1 Å². The van der Waals surface area contributed by atoms with Gasteiger partial charge in [0.25, 0.3) is 0 Å². The van der Waals surface area contributed by atoms with Crippen molar-refractivity contribution in [3.63, 3.8) is 0 Å². The highest BCUT2D eigenvalue weighted by atomic mass is 32.1. The molecular weight excluding hydrogens is 830 g/mol. The molecule has 7 rings (SSSR count). The van der Waals surface area contributed by atoms with Crippen molar-refractivity contribution in [2.45, 2.75) is 101 Å². The Morgan fingerprint density at radius 3 is 1.38 bits per heavy atom. The van der Waals surface area contributed by atoms with E-state index in [0.29, 0.717) is 51.2 Å². The van der Waals surface area contributed by atoms with Crippen molar-refractivity contribution in [3.05, 3.63) is 75.5 Å². The largest absolute Gasteiger partial charge is 0.573 e. The van der Waals surface area contributed by atoms with E-state index in [1.54, 1.807) is 46.8 Å². The highest BCUT2D eigenvalue weighted by Crippen LogP contribution is 2.49. The van der Waals surface area contributed by atoms with Crippen LogP contribution in [0.25, 0.3) is 20.9 Å². The van der Waals surface area contributed by atoms with Gasteiger partial charge in [-0.25, -0.2) is 0 Å². The maximum absolute atomic E-state index is 13.2. The maximum Gasteiger partial charge on any atom is 0.573 e. The van der Waals surface area contributed by atoms with Gasteiger partial charge >= 0.3 is 6.36 Å². The van der Waals surface area contributed by atoms with Crippen LogP contribution in [0.3, 0.4) is 0 Å². The van der Waals surface area contributed by atoms with E-state index in [4.69, 9.17) is 9.47 Å². The highest BCUT2D eigenvalue weighted by molar-refractivity contribution is 7.16. The number of halogens is 3. The smallest absolute Gasteiger partial charge is 0.486 e. The Bertz CT molecular complexity index is 2370. The molecule has 0 amide bonds. The van der Waals surface area contributed by atoms with E-state index < -0.39 is 57.2 Å². The molecule has 0 N–H and O–H groups in total. The lowest BCUT2D eigenvalue weighted by molar-refractivity contribution is -0.274. The number of alkyl halides is 3. The molecule has 14 heteroatoms. The number of carbonyl (C=O) groups is 6. The van der Waals surface area contributed by atoms with Crippen LogP contribution in [0.1, 0.15) is 102 Å². The summed E-state index contributed by atoms with van der Waals surface area (Å²) in [6.07, 6.45) is -4.81. The molecule has 0 atom stereocenters. The number of Topliss-reactive ketones (excluding diaryl/α,β-unsaturated/α-hetero) is 6. The van der Waals surface area contributed by atoms with Gasteiger partial charge in [0, 0.05) is 19.5 Å². The molecule has 0 bridgehead atoms. The minimum atomic E-state index is -4.81. The molecular formula is C47H51F3O9S2. The molecule has 3 heterocycles. The summed E-state index contributed by atoms with van der Waals surface area (Å²) in [5, 5.41) is 0. The molecule has 0 spiro atoms. The third kappa shape index (κ3) is 8.62. The van der Waals surface area contributed by atoms with Crippen molar-refractivity contribution in [1.29, 1.82) is 0 Å². The number of benzene rings is 2. The number of thiophene rings is 2. The van der Waals surface area contributed by atoms with Gasteiger partial charge in [0.15, 0.2) is 46.2 Å². The van der Waals surface area contributed by atoms with Crippen LogP contribution in [-0.2, 0) is 28.8 Å². The van der Waals surface area contributed by atoms with Crippen molar-refractivity contribution in [1.82, 2.24) is 0 Å². The van der Waals surface area contributed by atoms with E-state index in [2.05, 4.69) is 4.74 Å². The second-order valence-corrected chi connectivity index (χ2v) is 19.7. The third-order valence-corrected chi connectivity index (χ3v) is 13.7. The molecule has 9 nitrogen and oxygen atoms in total. The monoisotopic (exact) mass is 880 g/mol. The summed E-state index contributed by atoms with van der Waals surface area (Å²) in [5.74, 6) is -3.23. The molecule has 0 unspecified atom stereocenters. The van der Waals surface area contributed by atoms with Crippen LogP contribution in [-0.4, -0.2) is 54.3 Å². The summed E-state index contributed by atoms with van der Waals surface area (Å²) in [4.78, 5) is 81.1. The molecule has 2 aromatic heterocycles. The normalized spacial score (nSPS) is 19.5. The molecule has 2 aromatic carbocycles. The van der Waals surface area contributed by atoms with Gasteiger partial charge in [0.2, 0.25) is 0 Å². The van der Waals surface area contributed by atoms with Crippen molar-refractivity contribution in [2.75, 3.05) is 13.2 Å². The quantitative estimate of drug-likeness (QED) is 0.180. The fraction of sp³-hybridized carbons (Fsp3) is 0.447. The Morgan fingerprint density at radius 1 is 0.574 bits per heavy atom. The lowest BCUT2D eigenvalue weighted by atomic mass is 9.57. The first-order chi connectivity index (χ1) is 28.2. The molecule has 0 radical (unpaired) electrons. The Hall–Kier alpha value is -4.95. The van der Waals surface area contributed by atoms with Gasteiger partial charge < -0.3 is 14.2 Å². The zero-order chi connectivity index (χ0) is 45.8. The topological polar surface area (TPSA) is 130 Å². The SMILES string of the molecule is CC.Cc1sc(-c2ccc3c(c2)OCCO3)cc1C1C(=O)C(C)(C)C(=O)C(C)(C)C1=O.Cc1sc(-c2cccc(OC(F)(F)F)c2)cc1C1C(=O)C(C)(C)C(=O)C(C)(C)C1=O. The molecule has 2 aliphatic carbocycles. The van der Waals surface area contributed by atoms with Crippen molar-refractivity contribution < 1.29 is 56.1 Å². The number of ketones is 6. The van der Waals surface area contributed by atoms with Crippen LogP contribution in [0.5, 0.6) is 17.2 Å². The van der Waals surface area contributed by atoms with Crippen LogP contribution in [0.4, 0.5) is 13.2 Å². The molecule has 61 heavy (non-hydrogen) atoms. The number of hydrogen-bond acceptors (Lipinski definition) is 11. The van der Waals surface area contributed by atoms with Crippen LogP contribution in [0.15, 0.2) is 54.6 Å². The van der Waals surface area contributed by atoms with E-state index in [1.165, 1.54) is 68.6 Å². The molecule has 0 saturated heterocycles. The summed E-state index contributed by atoms with van der Waals surface area (Å²) < 4.78 is 52.8. The Morgan fingerprint density at radius 2 is 0.967 bits per heavy atom. The van der Waals surface area contributed by atoms with Gasteiger partial charge in [-0.2, -0.15) is 0 Å². The van der Waals surface area contributed by atoms with E-state index in [1.807, 2.05) is 45.0 Å². The number of rotatable bonds is 5. The van der Waals surface area contributed by atoms with Gasteiger partial charge in [-0.1, -0.05) is 26.0 Å². The maximum atomic E-state index is 13.2. The van der Waals surface area contributed by atoms with E-state index in [9.17, 15) is 41.9 Å². The number of ether oxygens (including phenoxy) is 3. The predicted octanol–water partition coefficient (Wildman–Crippen LogP) is 10.9. The number of aryl methyl sites for hydroxylation is 2. The third-order valence-electron chi connectivity index (χ3n) is 11.5. The first-order valence-electron chi connectivity index (χ1n) is 19.9. The minimum absolute atomic E-state index is 0.309. The van der Waals surface area contributed by atoms with Crippen LogP contribution >= 0.6 is 22.7 Å². The Balaban J connectivity index is 0.000000222. The first kappa shape index (κ1) is 47.1. The summed E-state index contributed by atoms with van der Waals surface area (Å²) in [7, 11) is 0. The Kier molecular flexibility index (Phi) is 12.9. The van der Waals surface area contributed by atoms with Gasteiger partial charge in [-0.15, -0.1) is 35.8 Å². The lowest BCUT2D eigenvalue weighted by Crippen LogP contribution is -2.56. The van der Waals surface area contributed by atoms with E-state index >= 15 is 0 Å². The van der Waals surface area contributed by atoms with Crippen LogP contribution in [0.2, 0.25) is 0 Å². The molecule has 326 valence electrons. The fourth-order valence-corrected chi connectivity index (χ4v) is 10.3. The number of carbonyl (C=O) groups excluding carboxylic acids is 6. The summed E-state index contributed by atoms with van der Waals surface area (Å²) in [6.45, 7) is 21.3. The minimum Gasteiger partial charge on any atom is -0.486 e. The summed E-state index contributed by atoms with van der Waals surface area (Å²) >= 11 is 2.80. The first-order valence-corrected chi connectivity index (χ1v) is 21.6. The standard InChI is InChI=1S/C23H24O5S.C22H21F3O4S.C2H6/c1-12-14(18-19(24)22(2,3)21(26)23(4,5)20(18)25)11-17(29-12)13-6-7-15-16(10-13)28-9-8-27-15;1-11-14(16-17(26)20(2,3)19(28)21(4,5)18(16)27)10-15(30-11)12-7-6-8-13(9-12)29-22(23,24)25;1-2/h6-7,10-11,18H,8-9H2,1-5H3;6-10,16H,1-5H3;1-2H3. The van der Waals surface area contributed by atoms with Crippen molar-refractivity contribution in [2.24, 2.45) is 21.7 Å². The van der Waals surface area contributed by atoms with Crippen molar-refractivity contribution >= 4 is 57.4 Å². The van der Waals surface area contributed by atoms with Crippen molar-refractivity contribution in [3.8, 4) is 38.1 Å². The van der Waals surface area contributed by atoms with Crippen LogP contribution in [0, 0.1) is 35.5 Å². The summed E-state index contributed by atoms with van der Waals surface area (Å²) in [5.41, 5.74) is -2.39. The van der Waals surface area contributed by atoms with E-state index in [0.717, 1.165) is 15.3 Å². The summed E-state index contributed by atoms with van der Waals surface area (Å²) in [6, 6.07) is 14.8. The zero-order valence-corrected chi connectivity index (χ0v) is 38.0. The fourth-order valence-electron chi connectivity index (χ4n) is 8.15. The second kappa shape index (κ2) is 16.7. The molecule has 1 aliphatic heterocycles. The highest BCUT2D eigenvalue weighted by Gasteiger charge is 2.60. The lowest BCUT2D eigenvalue weighted by Gasteiger charge is -2.40. The molecule has 2 saturated carbocycles. The second-order valence-electron chi connectivity index (χ2n) is 17.2. The van der Waals surface area contributed by atoms with Gasteiger partial charge in [0.1, 0.15) is 30.8 Å². The molecule has 2 fully saturated rings. The zero-order valence-electron chi connectivity index (χ0n) is 36.4. The average molecular weight is 881 g/mol. The number of fused-ring (bicyclic) bond motifs is 1. The van der Waals surface area contributed by atoms with Gasteiger partial charge in [-0.05, 0) is 134 Å². The van der Waals surface area contributed by atoms with Gasteiger partial charge in [0.05, 0.1) is 21.7 Å². The average Bonchev–Trinajstić information content (AvgIpc) is 3.78. The predicted molar refractivity (Wildman–Crippen MR) is 229 cm³/mol. The van der Waals surface area contributed by atoms with Gasteiger partial charge in [-0.3, -0.25) is 28.8 Å². The Labute approximate surface area is 362 Å². The van der Waals surface area contributed by atoms with Crippen LogP contribution < -0.4 is 14.2 Å². The number of hydrogen-bond donors (Lipinski definition) is 0. The molecule has 4 aromatic rings.